The number of thioether (sulfide) groups is 1. The fraction of sp³-hybridized carbons (Fsp3) is 1.00. The molecule has 0 amide bonds. The third kappa shape index (κ3) is 3.86. The summed E-state index contributed by atoms with van der Waals surface area (Å²) in [6.07, 6.45) is 6.23. The standard InChI is InChI=1S/C14H28N2OS/c1-14(2,18-3)10-16-12-6-4-5-11(12)13-9-17-8-7-15-13/h11-13,15-16H,4-10H2,1-3H3. The second-order valence-electron chi connectivity index (χ2n) is 6.18. The largest absolute Gasteiger partial charge is 0.379 e. The molecule has 2 rings (SSSR count). The van der Waals surface area contributed by atoms with Crippen molar-refractivity contribution in [1.29, 1.82) is 0 Å². The highest BCUT2D eigenvalue weighted by Crippen LogP contribution is 2.30. The van der Waals surface area contributed by atoms with Crippen molar-refractivity contribution in [3.8, 4) is 0 Å². The van der Waals surface area contributed by atoms with Gasteiger partial charge in [0.25, 0.3) is 0 Å². The molecule has 0 spiro atoms. The molecule has 2 N–H and O–H groups in total. The zero-order valence-corrected chi connectivity index (χ0v) is 12.8. The van der Waals surface area contributed by atoms with Crippen molar-refractivity contribution < 1.29 is 4.74 Å². The lowest BCUT2D eigenvalue weighted by Gasteiger charge is -2.34. The quantitative estimate of drug-likeness (QED) is 0.800. The number of nitrogens with one attached hydrogen (secondary N) is 2. The van der Waals surface area contributed by atoms with Gasteiger partial charge in [0.1, 0.15) is 0 Å². The lowest BCUT2D eigenvalue weighted by Crippen LogP contribution is -2.52. The van der Waals surface area contributed by atoms with Gasteiger partial charge in [0, 0.05) is 29.9 Å². The number of hydrogen-bond acceptors (Lipinski definition) is 4. The summed E-state index contributed by atoms with van der Waals surface area (Å²) in [5.74, 6) is 0.753. The maximum absolute atomic E-state index is 5.62. The predicted octanol–water partition coefficient (Wildman–Crippen LogP) is 1.87. The Balaban J connectivity index is 1.83. The molecular weight excluding hydrogens is 244 g/mol. The van der Waals surface area contributed by atoms with Crippen LogP contribution in [-0.4, -0.2) is 49.4 Å². The molecule has 18 heavy (non-hydrogen) atoms. The smallest absolute Gasteiger partial charge is 0.0623 e. The number of rotatable bonds is 5. The molecule has 3 atom stereocenters. The average molecular weight is 272 g/mol. The number of hydrogen-bond donors (Lipinski definition) is 2. The Kier molecular flexibility index (Phi) is 5.36. The van der Waals surface area contributed by atoms with E-state index >= 15 is 0 Å². The molecule has 1 heterocycles. The molecule has 1 aliphatic carbocycles. The van der Waals surface area contributed by atoms with Gasteiger partial charge in [-0.3, -0.25) is 0 Å². The molecule has 1 saturated carbocycles. The summed E-state index contributed by atoms with van der Waals surface area (Å²) >= 11 is 1.94. The van der Waals surface area contributed by atoms with Crippen LogP contribution in [0.15, 0.2) is 0 Å². The van der Waals surface area contributed by atoms with Crippen molar-refractivity contribution >= 4 is 11.8 Å². The molecular formula is C14H28N2OS. The van der Waals surface area contributed by atoms with Gasteiger partial charge in [-0.2, -0.15) is 11.8 Å². The van der Waals surface area contributed by atoms with E-state index in [0.29, 0.717) is 16.8 Å². The zero-order chi connectivity index (χ0) is 13.0. The van der Waals surface area contributed by atoms with E-state index < -0.39 is 0 Å². The van der Waals surface area contributed by atoms with Crippen LogP contribution >= 0.6 is 11.8 Å². The molecule has 0 bridgehead atoms. The fourth-order valence-corrected chi connectivity index (χ4v) is 3.26. The van der Waals surface area contributed by atoms with E-state index in [9.17, 15) is 0 Å². The second kappa shape index (κ2) is 6.60. The summed E-state index contributed by atoms with van der Waals surface area (Å²) in [5.41, 5.74) is 0. The normalized spacial score (nSPS) is 33.8. The van der Waals surface area contributed by atoms with Gasteiger partial charge in [-0.1, -0.05) is 6.42 Å². The van der Waals surface area contributed by atoms with Crippen molar-refractivity contribution in [1.82, 2.24) is 10.6 Å². The van der Waals surface area contributed by atoms with Crippen molar-refractivity contribution in [3.05, 3.63) is 0 Å². The molecule has 1 saturated heterocycles. The maximum atomic E-state index is 5.62. The Bertz CT molecular complexity index is 254. The van der Waals surface area contributed by atoms with Gasteiger partial charge in [-0.15, -0.1) is 0 Å². The highest BCUT2D eigenvalue weighted by atomic mass is 32.2. The number of morpholine rings is 1. The van der Waals surface area contributed by atoms with Crippen molar-refractivity contribution in [3.63, 3.8) is 0 Å². The summed E-state index contributed by atoms with van der Waals surface area (Å²) in [6, 6.07) is 1.24. The van der Waals surface area contributed by atoms with Crippen LogP contribution in [0.4, 0.5) is 0 Å². The van der Waals surface area contributed by atoms with Crippen LogP contribution in [0.3, 0.4) is 0 Å². The van der Waals surface area contributed by atoms with E-state index in [4.69, 9.17) is 4.74 Å². The van der Waals surface area contributed by atoms with Crippen LogP contribution in [0.5, 0.6) is 0 Å². The van der Waals surface area contributed by atoms with Crippen LogP contribution in [-0.2, 0) is 4.74 Å². The van der Waals surface area contributed by atoms with Gasteiger partial charge >= 0.3 is 0 Å². The van der Waals surface area contributed by atoms with Crippen LogP contribution in [0.2, 0.25) is 0 Å². The first kappa shape index (κ1) is 14.6. The molecule has 0 radical (unpaired) electrons. The Hall–Kier alpha value is 0.230. The van der Waals surface area contributed by atoms with E-state index in [1.807, 2.05) is 11.8 Å². The highest BCUT2D eigenvalue weighted by molar-refractivity contribution is 7.99. The average Bonchev–Trinajstić information content (AvgIpc) is 2.86. The SMILES string of the molecule is CSC(C)(C)CNC1CCCC1C1COCCN1. The zero-order valence-electron chi connectivity index (χ0n) is 12.0. The molecule has 106 valence electrons. The third-order valence-corrected chi connectivity index (χ3v) is 5.63. The van der Waals surface area contributed by atoms with E-state index in [1.165, 1.54) is 19.3 Å². The second-order valence-corrected chi connectivity index (χ2v) is 7.69. The van der Waals surface area contributed by atoms with Gasteiger partial charge < -0.3 is 15.4 Å². The van der Waals surface area contributed by atoms with E-state index in [0.717, 1.165) is 32.2 Å². The minimum Gasteiger partial charge on any atom is -0.379 e. The summed E-state index contributed by atoms with van der Waals surface area (Å²) in [6.45, 7) is 8.52. The molecule has 3 nitrogen and oxygen atoms in total. The van der Waals surface area contributed by atoms with Gasteiger partial charge in [-0.25, -0.2) is 0 Å². The van der Waals surface area contributed by atoms with Gasteiger partial charge in [0.15, 0.2) is 0 Å². The molecule has 1 aliphatic heterocycles. The van der Waals surface area contributed by atoms with Crippen molar-refractivity contribution in [2.75, 3.05) is 32.6 Å². The summed E-state index contributed by atoms with van der Waals surface area (Å²) in [5, 5.41) is 7.44. The third-order valence-electron chi connectivity index (χ3n) is 4.38. The molecule has 3 unspecified atom stereocenters. The summed E-state index contributed by atoms with van der Waals surface area (Å²) in [7, 11) is 0. The van der Waals surface area contributed by atoms with Crippen LogP contribution < -0.4 is 10.6 Å². The van der Waals surface area contributed by atoms with Crippen molar-refractivity contribution in [2.45, 2.75) is 49.9 Å². The van der Waals surface area contributed by atoms with Gasteiger partial charge in [0.2, 0.25) is 0 Å². The molecule has 0 aromatic rings. The maximum Gasteiger partial charge on any atom is 0.0623 e. The van der Waals surface area contributed by atoms with Gasteiger partial charge in [0.05, 0.1) is 13.2 Å². The lowest BCUT2D eigenvalue weighted by atomic mass is 9.93. The predicted molar refractivity (Wildman–Crippen MR) is 79.3 cm³/mol. The Morgan fingerprint density at radius 3 is 2.89 bits per heavy atom. The first-order valence-electron chi connectivity index (χ1n) is 7.22. The van der Waals surface area contributed by atoms with Crippen LogP contribution in [0.1, 0.15) is 33.1 Å². The van der Waals surface area contributed by atoms with Gasteiger partial charge in [-0.05, 0) is 38.9 Å². The molecule has 0 aromatic heterocycles. The molecule has 4 heteroatoms. The molecule has 2 aliphatic rings. The number of ether oxygens (including phenoxy) is 1. The summed E-state index contributed by atoms with van der Waals surface area (Å²) < 4.78 is 5.95. The van der Waals surface area contributed by atoms with Crippen molar-refractivity contribution in [2.24, 2.45) is 5.92 Å². The minimum atomic E-state index is 0.337. The van der Waals surface area contributed by atoms with Crippen LogP contribution in [0, 0.1) is 5.92 Å². The Morgan fingerprint density at radius 1 is 1.39 bits per heavy atom. The van der Waals surface area contributed by atoms with E-state index in [2.05, 4.69) is 30.7 Å². The highest BCUT2D eigenvalue weighted by Gasteiger charge is 2.35. The minimum absolute atomic E-state index is 0.337. The lowest BCUT2D eigenvalue weighted by molar-refractivity contribution is 0.0524. The molecule has 0 aromatic carbocycles. The van der Waals surface area contributed by atoms with Crippen LogP contribution in [0.25, 0.3) is 0 Å². The fourth-order valence-electron chi connectivity index (χ4n) is 3.03. The first-order chi connectivity index (χ1) is 8.62. The Morgan fingerprint density at radius 2 is 2.22 bits per heavy atom. The molecule has 2 fully saturated rings. The summed E-state index contributed by atoms with van der Waals surface area (Å²) in [4.78, 5) is 0. The van der Waals surface area contributed by atoms with E-state index in [1.54, 1.807) is 0 Å². The van der Waals surface area contributed by atoms with E-state index in [-0.39, 0.29) is 0 Å². The Labute approximate surface area is 116 Å². The topological polar surface area (TPSA) is 33.3 Å². The monoisotopic (exact) mass is 272 g/mol. The first-order valence-corrected chi connectivity index (χ1v) is 8.44.